The van der Waals surface area contributed by atoms with Gasteiger partial charge < -0.3 is 30.1 Å². The van der Waals surface area contributed by atoms with Crippen molar-refractivity contribution < 1.29 is 14.3 Å². The minimum absolute atomic E-state index is 0.0189. The lowest BCUT2D eigenvalue weighted by Crippen LogP contribution is -2.36. The zero-order chi connectivity index (χ0) is 37.5. The van der Waals surface area contributed by atoms with Crippen molar-refractivity contribution >= 4 is 12.0 Å². The first-order chi connectivity index (χ1) is 25.4. The number of nitrogens with zero attached hydrogens (tertiary/aromatic N) is 4. The Hall–Kier alpha value is -3.79. The molecule has 9 heteroatoms. The van der Waals surface area contributed by atoms with Gasteiger partial charge in [-0.25, -0.2) is 4.79 Å². The summed E-state index contributed by atoms with van der Waals surface area (Å²) in [6, 6.07) is 22.9. The number of benzene rings is 2. The summed E-state index contributed by atoms with van der Waals surface area (Å²) in [6.45, 7) is 22.8. The van der Waals surface area contributed by atoms with E-state index in [4.69, 9.17) is 4.74 Å². The van der Waals surface area contributed by atoms with Crippen LogP contribution in [-0.2, 0) is 4.74 Å². The van der Waals surface area contributed by atoms with Crippen LogP contribution in [-0.4, -0.2) is 103 Å². The molecule has 5 heterocycles. The molecule has 4 unspecified atom stereocenters. The van der Waals surface area contributed by atoms with Crippen LogP contribution < -0.4 is 10.6 Å². The molecule has 9 nitrogen and oxygen atoms in total. The molecule has 0 bridgehead atoms. The maximum atomic E-state index is 13.0. The van der Waals surface area contributed by atoms with E-state index in [1.807, 2.05) is 58.9 Å². The van der Waals surface area contributed by atoms with Gasteiger partial charge in [-0.15, -0.1) is 0 Å². The fourth-order valence-electron chi connectivity index (χ4n) is 8.84. The van der Waals surface area contributed by atoms with E-state index in [1.54, 1.807) is 6.20 Å². The number of pyridine rings is 1. The van der Waals surface area contributed by atoms with Crippen LogP contribution >= 0.6 is 0 Å². The number of nitrogens with one attached hydrogen (secondary N) is 2. The molecule has 0 spiro atoms. The Kier molecular flexibility index (Phi) is 12.9. The molecular weight excluding hydrogens is 661 g/mol. The van der Waals surface area contributed by atoms with Crippen molar-refractivity contribution in [2.45, 2.75) is 71.9 Å². The Morgan fingerprint density at radius 1 is 0.792 bits per heavy atom. The number of aromatic nitrogens is 1. The zero-order valence-corrected chi connectivity index (χ0v) is 32.9. The summed E-state index contributed by atoms with van der Waals surface area (Å²) in [5, 5.41) is 6.55. The molecule has 2 aromatic carbocycles. The van der Waals surface area contributed by atoms with Gasteiger partial charge >= 0.3 is 6.09 Å². The first-order valence-corrected chi connectivity index (χ1v) is 19.9. The topological polar surface area (TPSA) is 90.0 Å². The van der Waals surface area contributed by atoms with E-state index in [2.05, 4.69) is 79.7 Å². The second-order valence-corrected chi connectivity index (χ2v) is 17.0. The van der Waals surface area contributed by atoms with Crippen molar-refractivity contribution in [3.05, 3.63) is 101 Å². The van der Waals surface area contributed by atoms with Crippen LogP contribution in [0.15, 0.2) is 72.9 Å². The first-order valence-electron chi connectivity index (χ1n) is 19.9. The van der Waals surface area contributed by atoms with Crippen molar-refractivity contribution in [2.24, 2.45) is 23.7 Å². The lowest BCUT2D eigenvalue weighted by atomic mass is 9.98. The molecule has 1 aromatic heterocycles. The van der Waals surface area contributed by atoms with Crippen LogP contribution in [0.3, 0.4) is 0 Å². The largest absolute Gasteiger partial charge is 0.444 e. The third kappa shape index (κ3) is 10.5. The van der Waals surface area contributed by atoms with Crippen molar-refractivity contribution in [1.29, 1.82) is 0 Å². The minimum Gasteiger partial charge on any atom is -0.444 e. The summed E-state index contributed by atoms with van der Waals surface area (Å²) < 4.78 is 5.45. The number of aryl methyl sites for hydroxylation is 2. The Bertz CT molecular complexity index is 1600. The first kappa shape index (κ1) is 38.9. The summed E-state index contributed by atoms with van der Waals surface area (Å²) in [5.41, 5.74) is 4.76. The number of fused-ring (bicyclic) bond motifs is 2. The van der Waals surface area contributed by atoms with E-state index in [9.17, 15) is 9.59 Å². The van der Waals surface area contributed by atoms with Gasteiger partial charge in [0.1, 0.15) is 5.60 Å². The third-order valence-corrected chi connectivity index (χ3v) is 11.8. The normalized spacial score (nSPS) is 23.8. The van der Waals surface area contributed by atoms with Crippen LogP contribution in [0.2, 0.25) is 0 Å². The summed E-state index contributed by atoms with van der Waals surface area (Å²) in [5.74, 6) is 3.60. The van der Waals surface area contributed by atoms with Gasteiger partial charge in [-0.3, -0.25) is 9.78 Å². The van der Waals surface area contributed by atoms with Gasteiger partial charge in [0, 0.05) is 52.0 Å². The fourth-order valence-corrected chi connectivity index (χ4v) is 8.84. The van der Waals surface area contributed by atoms with Crippen LogP contribution in [0.4, 0.5) is 4.79 Å². The molecule has 2 N–H and O–H groups in total. The lowest BCUT2D eigenvalue weighted by molar-refractivity contribution is 0.0498. The molecule has 4 fully saturated rings. The standard InChI is InChI=1S/C24H31N3O.C20H31N3O2/c1-17(20-7-5-4-6-8-20)10-12-26-13-21-15-27(16-22(21)14-26)24(28)23-18(2)9-11-25-19(23)3;1-20(2,3)25-19(24)22-18(15-7-5-4-6-8-15)9-10-23-13-16-11-21-12-17(16)14-23/h4-9,11,17,21-22H,10,12-16H2,1-3H3;4-8,16-18,21H,9-14H2,1-3H3,(H,22,24)/t17-,21?,22?;16?,17?,18-/m00/s1. The summed E-state index contributed by atoms with van der Waals surface area (Å²) in [6.07, 6.45) is 3.54. The predicted octanol–water partition coefficient (Wildman–Crippen LogP) is 6.69. The molecule has 0 aliphatic carbocycles. The highest BCUT2D eigenvalue weighted by Crippen LogP contribution is 2.33. The molecule has 4 aliphatic heterocycles. The van der Waals surface area contributed by atoms with Gasteiger partial charge in [0.15, 0.2) is 0 Å². The van der Waals surface area contributed by atoms with Crippen LogP contribution in [0.25, 0.3) is 0 Å². The van der Waals surface area contributed by atoms with Gasteiger partial charge in [0.05, 0.1) is 17.3 Å². The van der Waals surface area contributed by atoms with Gasteiger partial charge in [0.25, 0.3) is 5.91 Å². The van der Waals surface area contributed by atoms with Gasteiger partial charge in [-0.1, -0.05) is 67.6 Å². The van der Waals surface area contributed by atoms with Crippen molar-refractivity contribution in [1.82, 2.24) is 30.3 Å². The van der Waals surface area contributed by atoms with E-state index >= 15 is 0 Å². The highest BCUT2D eigenvalue weighted by molar-refractivity contribution is 5.96. The smallest absolute Gasteiger partial charge is 0.408 e. The number of alkyl carbamates (subject to hydrolysis) is 1. The lowest BCUT2D eigenvalue weighted by Gasteiger charge is -2.26. The maximum absolute atomic E-state index is 13.0. The monoisotopic (exact) mass is 722 g/mol. The third-order valence-electron chi connectivity index (χ3n) is 11.8. The minimum atomic E-state index is -0.481. The summed E-state index contributed by atoms with van der Waals surface area (Å²) in [7, 11) is 0. The van der Waals surface area contributed by atoms with Gasteiger partial charge in [0.2, 0.25) is 0 Å². The van der Waals surface area contributed by atoms with Crippen LogP contribution in [0.1, 0.15) is 85.2 Å². The molecule has 2 amide bonds. The quantitative estimate of drug-likeness (QED) is 0.241. The number of ether oxygens (including phenoxy) is 1. The number of hydrogen-bond acceptors (Lipinski definition) is 7. The predicted molar refractivity (Wildman–Crippen MR) is 212 cm³/mol. The SMILES string of the molecule is CC(C)(C)OC(=O)N[C@@H](CCN1CC2CNCC2C1)c1ccccc1.Cc1ccnc(C)c1C(=O)N1CC2CN(CC[C@H](C)c3ccccc3)CC2C1. The Morgan fingerprint density at radius 3 is 1.91 bits per heavy atom. The van der Waals surface area contributed by atoms with Crippen molar-refractivity contribution in [2.75, 3.05) is 65.4 Å². The number of amides is 2. The summed E-state index contributed by atoms with van der Waals surface area (Å²) in [4.78, 5) is 36.8. The molecule has 4 saturated heterocycles. The molecular formula is C44H62N6O3. The molecule has 286 valence electrons. The fraction of sp³-hybridized carbons (Fsp3) is 0.568. The van der Waals surface area contributed by atoms with Crippen molar-refractivity contribution in [3.8, 4) is 0 Å². The maximum Gasteiger partial charge on any atom is 0.408 e. The average molecular weight is 723 g/mol. The Morgan fingerprint density at radius 2 is 1.34 bits per heavy atom. The molecule has 0 radical (unpaired) electrons. The zero-order valence-electron chi connectivity index (χ0n) is 32.9. The van der Waals surface area contributed by atoms with E-state index in [-0.39, 0.29) is 18.0 Å². The molecule has 0 saturated carbocycles. The Labute approximate surface area is 317 Å². The highest BCUT2D eigenvalue weighted by atomic mass is 16.6. The van der Waals surface area contributed by atoms with E-state index < -0.39 is 5.60 Å². The van der Waals surface area contributed by atoms with Crippen molar-refractivity contribution in [3.63, 3.8) is 0 Å². The molecule has 7 rings (SSSR count). The second kappa shape index (κ2) is 17.6. The van der Waals surface area contributed by atoms with E-state index in [1.165, 1.54) is 25.1 Å². The molecule has 4 aliphatic rings. The highest BCUT2D eigenvalue weighted by Gasteiger charge is 2.42. The number of hydrogen-bond donors (Lipinski definition) is 2. The summed E-state index contributed by atoms with van der Waals surface area (Å²) >= 11 is 0. The van der Waals surface area contributed by atoms with Gasteiger partial charge in [-0.05, 0) is 119 Å². The molecule has 3 aromatic rings. The Balaban J connectivity index is 0.000000183. The average Bonchev–Trinajstić information content (AvgIpc) is 3.91. The van der Waals surface area contributed by atoms with Gasteiger partial charge in [-0.2, -0.15) is 0 Å². The number of carbonyl (C=O) groups excluding carboxylic acids is 2. The number of carbonyl (C=O) groups is 2. The van der Waals surface area contributed by atoms with Crippen LogP contribution in [0.5, 0.6) is 0 Å². The van der Waals surface area contributed by atoms with Crippen LogP contribution in [0, 0.1) is 37.5 Å². The number of likely N-dealkylation sites (tertiary alicyclic amines) is 3. The second-order valence-electron chi connectivity index (χ2n) is 17.0. The molecule has 6 atom stereocenters. The van der Waals surface area contributed by atoms with E-state index in [0.717, 1.165) is 93.0 Å². The number of rotatable bonds is 10. The van der Waals surface area contributed by atoms with E-state index in [0.29, 0.717) is 17.8 Å². The molecule has 53 heavy (non-hydrogen) atoms.